The number of hydrogen-bond donors (Lipinski definition) is 4. The van der Waals surface area contributed by atoms with Crippen molar-refractivity contribution < 1.29 is 47.0 Å². The summed E-state index contributed by atoms with van der Waals surface area (Å²) in [5.41, 5.74) is 0.821. The number of hydrogen-bond acceptors (Lipinski definition) is 7. The third-order valence-corrected chi connectivity index (χ3v) is 6.18. The fourth-order valence-corrected chi connectivity index (χ4v) is 4.37. The first kappa shape index (κ1) is 27.9. The van der Waals surface area contributed by atoms with Crippen LogP contribution in [0.25, 0.3) is 0 Å². The molecular weight excluding hydrogens is 501 g/mol. The van der Waals surface area contributed by atoms with Crippen LogP contribution >= 0.6 is 0 Å². The Morgan fingerprint density at radius 1 is 1.27 bits per heavy atom. The van der Waals surface area contributed by atoms with Crippen LogP contribution in [-0.4, -0.2) is 77.1 Å². The summed E-state index contributed by atoms with van der Waals surface area (Å²) in [5, 5.41) is 15.7. The van der Waals surface area contributed by atoms with Crippen molar-refractivity contribution in [2.75, 3.05) is 19.7 Å². The lowest BCUT2D eigenvalue weighted by atomic mass is 9.92. The number of ether oxygens (including phenoxy) is 1. The first-order valence-electron chi connectivity index (χ1n) is 11.5. The van der Waals surface area contributed by atoms with Crippen LogP contribution in [0.1, 0.15) is 48.5 Å². The van der Waals surface area contributed by atoms with Gasteiger partial charge in [0.05, 0.1) is 6.54 Å². The van der Waals surface area contributed by atoms with Gasteiger partial charge in [-0.1, -0.05) is 6.07 Å². The fraction of sp³-hybridized carbons (Fsp3) is 0.522. The molecule has 0 spiro atoms. The standard InChI is InChI=1S/C21H26N4O5.C2HF3O2/c1-21(8-3-9-22-12-21)24-18(27)11-30-16-5-2-4-13-14(16)10-25(20(13)29)15-6-7-17(26)23-19(15)28;3-2(4,5)1(6)7/h2,4-5,15,22H,3,6-12H2,1H3,(H,24,27)(H,23,26,28);(H,6,7). The summed E-state index contributed by atoms with van der Waals surface area (Å²) in [6.07, 6.45) is -2.67. The van der Waals surface area contributed by atoms with E-state index in [1.54, 1.807) is 18.2 Å². The van der Waals surface area contributed by atoms with E-state index < -0.39 is 24.1 Å². The molecule has 1 aromatic carbocycles. The molecule has 4 N–H and O–H groups in total. The van der Waals surface area contributed by atoms with Crippen molar-refractivity contribution in [3.63, 3.8) is 0 Å². The normalized spacial score (nSPS) is 23.4. The lowest BCUT2D eigenvalue weighted by molar-refractivity contribution is -0.192. The summed E-state index contributed by atoms with van der Waals surface area (Å²) < 4.78 is 37.5. The van der Waals surface area contributed by atoms with Gasteiger partial charge in [-0.25, -0.2) is 4.79 Å². The van der Waals surface area contributed by atoms with Crippen molar-refractivity contribution in [3.05, 3.63) is 29.3 Å². The maximum Gasteiger partial charge on any atom is 0.490 e. The topological polar surface area (TPSA) is 154 Å². The minimum atomic E-state index is -5.08. The Morgan fingerprint density at radius 3 is 2.57 bits per heavy atom. The molecule has 3 heterocycles. The average Bonchev–Trinajstić information content (AvgIpc) is 3.14. The molecule has 11 nitrogen and oxygen atoms in total. The van der Waals surface area contributed by atoms with Gasteiger partial charge in [0.25, 0.3) is 11.8 Å². The molecule has 2 unspecified atom stereocenters. The molecule has 2 saturated heterocycles. The van der Waals surface area contributed by atoms with Crippen molar-refractivity contribution >= 4 is 29.6 Å². The zero-order valence-electron chi connectivity index (χ0n) is 19.9. The molecule has 4 rings (SSSR count). The van der Waals surface area contributed by atoms with Gasteiger partial charge in [0, 0.05) is 29.6 Å². The molecule has 0 bridgehead atoms. The van der Waals surface area contributed by atoms with Gasteiger partial charge in [0.1, 0.15) is 11.8 Å². The minimum absolute atomic E-state index is 0.154. The number of nitrogens with one attached hydrogen (secondary N) is 3. The zero-order valence-corrected chi connectivity index (χ0v) is 19.9. The average molecular weight is 528 g/mol. The van der Waals surface area contributed by atoms with Gasteiger partial charge in [-0.15, -0.1) is 0 Å². The quantitative estimate of drug-likeness (QED) is 0.408. The number of carboxylic acids is 1. The number of halogens is 3. The number of carbonyl (C=O) groups is 5. The summed E-state index contributed by atoms with van der Waals surface area (Å²) in [5.74, 6) is -3.56. The van der Waals surface area contributed by atoms with Crippen molar-refractivity contribution in [1.29, 1.82) is 0 Å². The lowest BCUT2D eigenvalue weighted by Gasteiger charge is -2.35. The number of amides is 4. The molecule has 4 amide bonds. The summed E-state index contributed by atoms with van der Waals surface area (Å²) in [6.45, 7) is 3.73. The van der Waals surface area contributed by atoms with Crippen molar-refractivity contribution in [1.82, 2.24) is 20.9 Å². The maximum absolute atomic E-state index is 12.8. The molecule has 0 radical (unpaired) electrons. The highest BCUT2D eigenvalue weighted by Gasteiger charge is 2.40. The highest BCUT2D eigenvalue weighted by atomic mass is 19.4. The summed E-state index contributed by atoms with van der Waals surface area (Å²) in [4.78, 5) is 59.2. The van der Waals surface area contributed by atoms with Crippen LogP contribution < -0.4 is 20.7 Å². The molecule has 0 aliphatic carbocycles. The molecule has 2 fully saturated rings. The SMILES string of the molecule is CC1(NC(=O)COc2cccc3c2CN(C2CCC(=O)NC2=O)C3=O)CCCNC1.O=C(O)C(F)(F)F. The number of imide groups is 1. The Morgan fingerprint density at radius 2 is 1.97 bits per heavy atom. The highest BCUT2D eigenvalue weighted by Crippen LogP contribution is 2.33. The number of fused-ring (bicyclic) bond motifs is 1. The van der Waals surface area contributed by atoms with Crippen LogP contribution in [0.15, 0.2) is 18.2 Å². The van der Waals surface area contributed by atoms with E-state index >= 15 is 0 Å². The smallest absolute Gasteiger partial charge is 0.483 e. The number of benzene rings is 1. The second kappa shape index (κ2) is 11.2. The Labute approximate surface area is 209 Å². The monoisotopic (exact) mass is 528 g/mol. The van der Waals surface area contributed by atoms with E-state index in [0.29, 0.717) is 23.3 Å². The molecule has 2 atom stereocenters. The van der Waals surface area contributed by atoms with Gasteiger partial charge in [0.2, 0.25) is 11.8 Å². The van der Waals surface area contributed by atoms with Crippen molar-refractivity contribution in [2.24, 2.45) is 0 Å². The van der Waals surface area contributed by atoms with Gasteiger partial charge in [-0.3, -0.25) is 24.5 Å². The summed E-state index contributed by atoms with van der Waals surface area (Å²) in [7, 11) is 0. The third-order valence-electron chi connectivity index (χ3n) is 6.18. The molecule has 3 aliphatic heterocycles. The molecule has 1 aromatic rings. The minimum Gasteiger partial charge on any atom is -0.483 e. The van der Waals surface area contributed by atoms with Gasteiger partial charge >= 0.3 is 12.1 Å². The molecule has 14 heteroatoms. The molecule has 37 heavy (non-hydrogen) atoms. The molecule has 3 aliphatic rings. The van der Waals surface area contributed by atoms with Crippen LogP contribution in [-0.2, 0) is 25.7 Å². The van der Waals surface area contributed by atoms with Crippen LogP contribution in [0, 0.1) is 0 Å². The number of rotatable bonds is 5. The van der Waals surface area contributed by atoms with Gasteiger partial charge in [-0.05, 0) is 44.9 Å². The van der Waals surface area contributed by atoms with Gasteiger partial charge in [0.15, 0.2) is 6.61 Å². The number of aliphatic carboxylic acids is 1. The van der Waals surface area contributed by atoms with E-state index in [9.17, 15) is 32.3 Å². The van der Waals surface area contributed by atoms with Gasteiger partial charge < -0.3 is 25.4 Å². The van der Waals surface area contributed by atoms with Crippen molar-refractivity contribution in [3.8, 4) is 5.75 Å². The van der Waals surface area contributed by atoms with E-state index in [2.05, 4.69) is 16.0 Å². The van der Waals surface area contributed by atoms with Crippen LogP contribution in [0.2, 0.25) is 0 Å². The maximum atomic E-state index is 12.8. The predicted octanol–water partition coefficient (Wildman–Crippen LogP) is 0.718. The second-order valence-corrected chi connectivity index (χ2v) is 9.16. The number of carboxylic acid groups (broad SMARTS) is 1. The number of nitrogens with zero attached hydrogens (tertiary/aromatic N) is 1. The first-order chi connectivity index (χ1) is 17.3. The van der Waals surface area contributed by atoms with E-state index in [4.69, 9.17) is 14.6 Å². The van der Waals surface area contributed by atoms with Crippen LogP contribution in [0.3, 0.4) is 0 Å². The summed E-state index contributed by atoms with van der Waals surface area (Å²) >= 11 is 0. The largest absolute Gasteiger partial charge is 0.490 e. The lowest BCUT2D eigenvalue weighted by Crippen LogP contribution is -2.56. The summed E-state index contributed by atoms with van der Waals surface area (Å²) in [6, 6.07) is 4.42. The molecule has 202 valence electrons. The number of alkyl halides is 3. The Bertz CT molecular complexity index is 1090. The Kier molecular flexibility index (Phi) is 8.41. The number of carbonyl (C=O) groups excluding carboxylic acids is 4. The molecular formula is C23H27F3N4O7. The van der Waals surface area contributed by atoms with E-state index in [0.717, 1.165) is 25.9 Å². The molecule has 0 aromatic heterocycles. The first-order valence-corrected chi connectivity index (χ1v) is 11.5. The predicted molar refractivity (Wildman–Crippen MR) is 120 cm³/mol. The second-order valence-electron chi connectivity index (χ2n) is 9.16. The highest BCUT2D eigenvalue weighted by molar-refractivity contribution is 6.05. The molecule has 0 saturated carbocycles. The number of piperidine rings is 2. The Balaban J connectivity index is 0.000000479. The Hall–Kier alpha value is -3.68. The van der Waals surface area contributed by atoms with Crippen LogP contribution in [0.4, 0.5) is 13.2 Å². The van der Waals surface area contributed by atoms with E-state index in [1.807, 2.05) is 6.92 Å². The fourth-order valence-electron chi connectivity index (χ4n) is 4.37. The van der Waals surface area contributed by atoms with E-state index in [-0.39, 0.29) is 42.8 Å². The van der Waals surface area contributed by atoms with Crippen LogP contribution in [0.5, 0.6) is 5.75 Å². The zero-order chi connectivity index (χ0) is 27.4. The third kappa shape index (κ3) is 6.96. The van der Waals surface area contributed by atoms with Crippen molar-refractivity contribution in [2.45, 2.75) is 56.9 Å². The van der Waals surface area contributed by atoms with E-state index in [1.165, 1.54) is 4.90 Å². The van der Waals surface area contributed by atoms with Gasteiger partial charge in [-0.2, -0.15) is 13.2 Å².